The van der Waals surface area contributed by atoms with Gasteiger partial charge in [-0.3, -0.25) is 4.79 Å². The second-order valence-electron chi connectivity index (χ2n) is 3.53. The summed E-state index contributed by atoms with van der Waals surface area (Å²) in [6, 6.07) is 1.38. The molecule has 1 amide bonds. The zero-order chi connectivity index (χ0) is 13.1. The predicted molar refractivity (Wildman–Crippen MR) is 58.0 cm³/mol. The minimum Gasteiger partial charge on any atom is -0.478 e. The Hall–Kier alpha value is -2.64. The van der Waals surface area contributed by atoms with Crippen LogP contribution in [-0.4, -0.2) is 32.4 Å². The minimum absolute atomic E-state index is 0.0831. The number of carbonyl (C=O) groups excluding carboxylic acids is 1. The molecule has 2 rings (SSSR count). The van der Waals surface area contributed by atoms with Gasteiger partial charge in [-0.25, -0.2) is 4.79 Å². The SMILES string of the molecule is Cc1oc(CNC(=O)c2cn[nH]n2)cc1C(=O)O. The van der Waals surface area contributed by atoms with E-state index >= 15 is 0 Å². The number of H-pyrrole nitrogens is 1. The van der Waals surface area contributed by atoms with Gasteiger partial charge in [0.25, 0.3) is 5.91 Å². The Balaban J connectivity index is 2.01. The summed E-state index contributed by atoms with van der Waals surface area (Å²) in [7, 11) is 0. The predicted octanol–water partition coefficient (Wildman–Crippen LogP) is 0.334. The van der Waals surface area contributed by atoms with Crippen LogP contribution in [-0.2, 0) is 6.54 Å². The maximum atomic E-state index is 11.5. The molecule has 3 N–H and O–H groups in total. The second kappa shape index (κ2) is 4.70. The summed E-state index contributed by atoms with van der Waals surface area (Å²) >= 11 is 0. The lowest BCUT2D eigenvalue weighted by atomic mass is 10.2. The Morgan fingerprint density at radius 3 is 2.89 bits per heavy atom. The molecule has 2 aromatic heterocycles. The van der Waals surface area contributed by atoms with Crippen LogP contribution in [0.15, 0.2) is 16.7 Å². The molecule has 94 valence electrons. The van der Waals surface area contributed by atoms with E-state index in [9.17, 15) is 9.59 Å². The van der Waals surface area contributed by atoms with Crippen LogP contribution in [0.4, 0.5) is 0 Å². The van der Waals surface area contributed by atoms with Gasteiger partial charge in [-0.2, -0.15) is 15.4 Å². The van der Waals surface area contributed by atoms with Crippen molar-refractivity contribution in [1.29, 1.82) is 0 Å². The Labute approximate surface area is 101 Å². The molecule has 0 aliphatic rings. The van der Waals surface area contributed by atoms with Crippen LogP contribution >= 0.6 is 0 Å². The standard InChI is InChI=1S/C10H10N4O4/c1-5-7(10(16)17)2-6(18-5)3-11-9(15)8-4-12-14-13-8/h2,4H,3H2,1H3,(H,11,15)(H,16,17)(H,12,13,14). The van der Waals surface area contributed by atoms with Crippen molar-refractivity contribution in [2.24, 2.45) is 0 Å². The van der Waals surface area contributed by atoms with Crippen LogP contribution in [0.25, 0.3) is 0 Å². The van der Waals surface area contributed by atoms with Gasteiger partial charge in [-0.05, 0) is 13.0 Å². The van der Waals surface area contributed by atoms with E-state index in [2.05, 4.69) is 20.7 Å². The van der Waals surface area contributed by atoms with Gasteiger partial charge in [0, 0.05) is 0 Å². The van der Waals surface area contributed by atoms with Gasteiger partial charge in [-0.1, -0.05) is 0 Å². The molecular weight excluding hydrogens is 240 g/mol. The summed E-state index contributed by atoms with van der Waals surface area (Å²) in [6.07, 6.45) is 1.28. The van der Waals surface area contributed by atoms with Crippen molar-refractivity contribution in [2.75, 3.05) is 0 Å². The van der Waals surface area contributed by atoms with Crippen LogP contribution in [0.1, 0.15) is 32.4 Å². The van der Waals surface area contributed by atoms with Crippen molar-refractivity contribution in [1.82, 2.24) is 20.7 Å². The molecule has 8 nitrogen and oxygen atoms in total. The van der Waals surface area contributed by atoms with Gasteiger partial charge in [0.1, 0.15) is 17.1 Å². The number of hydrogen-bond acceptors (Lipinski definition) is 5. The lowest BCUT2D eigenvalue weighted by molar-refractivity contribution is 0.0694. The molecule has 0 aliphatic heterocycles. The topological polar surface area (TPSA) is 121 Å². The van der Waals surface area contributed by atoms with Crippen molar-refractivity contribution in [3.05, 3.63) is 35.0 Å². The van der Waals surface area contributed by atoms with Gasteiger partial charge in [0.2, 0.25) is 0 Å². The van der Waals surface area contributed by atoms with Gasteiger partial charge in [0.15, 0.2) is 5.69 Å². The molecule has 0 aliphatic carbocycles. The third-order valence-electron chi connectivity index (χ3n) is 2.27. The Bertz CT molecular complexity index is 573. The highest BCUT2D eigenvalue weighted by Crippen LogP contribution is 2.14. The average molecular weight is 250 g/mol. The van der Waals surface area contributed by atoms with Gasteiger partial charge < -0.3 is 14.8 Å². The molecule has 2 aromatic rings. The quantitative estimate of drug-likeness (QED) is 0.719. The molecule has 0 saturated carbocycles. The van der Waals surface area contributed by atoms with E-state index in [0.717, 1.165) is 0 Å². The fourth-order valence-corrected chi connectivity index (χ4v) is 1.41. The van der Waals surface area contributed by atoms with Crippen LogP contribution in [0.5, 0.6) is 0 Å². The number of furan rings is 1. The first-order chi connectivity index (χ1) is 8.58. The monoisotopic (exact) mass is 250 g/mol. The van der Waals surface area contributed by atoms with Gasteiger partial charge in [0.05, 0.1) is 12.7 Å². The fraction of sp³-hybridized carbons (Fsp3) is 0.200. The highest BCUT2D eigenvalue weighted by molar-refractivity contribution is 5.92. The van der Waals surface area contributed by atoms with E-state index < -0.39 is 11.9 Å². The summed E-state index contributed by atoms with van der Waals surface area (Å²) < 4.78 is 5.20. The zero-order valence-corrected chi connectivity index (χ0v) is 9.43. The number of aromatic nitrogens is 3. The number of aromatic amines is 1. The first kappa shape index (κ1) is 11.8. The van der Waals surface area contributed by atoms with E-state index in [1.165, 1.54) is 12.3 Å². The number of carboxylic acids is 1. The second-order valence-corrected chi connectivity index (χ2v) is 3.53. The number of aromatic carboxylic acids is 1. The molecule has 0 unspecified atom stereocenters. The highest BCUT2D eigenvalue weighted by Gasteiger charge is 2.15. The maximum Gasteiger partial charge on any atom is 0.339 e. The summed E-state index contributed by atoms with van der Waals surface area (Å²) in [5.74, 6) is -0.824. The van der Waals surface area contributed by atoms with E-state index in [4.69, 9.17) is 9.52 Å². The molecule has 0 saturated heterocycles. The van der Waals surface area contributed by atoms with Crippen LogP contribution in [0, 0.1) is 6.92 Å². The number of nitrogens with one attached hydrogen (secondary N) is 2. The summed E-state index contributed by atoms with van der Waals surface area (Å²) in [4.78, 5) is 22.3. The summed E-state index contributed by atoms with van der Waals surface area (Å²) in [6.45, 7) is 1.63. The number of carboxylic acid groups (broad SMARTS) is 1. The number of carbonyl (C=O) groups is 2. The normalized spacial score (nSPS) is 10.3. The first-order valence-electron chi connectivity index (χ1n) is 5.04. The molecule has 8 heteroatoms. The van der Waals surface area contributed by atoms with Crippen LogP contribution < -0.4 is 5.32 Å². The number of aryl methyl sites for hydroxylation is 1. The molecule has 0 bridgehead atoms. The van der Waals surface area contributed by atoms with Crippen molar-refractivity contribution < 1.29 is 19.1 Å². The van der Waals surface area contributed by atoms with Crippen molar-refractivity contribution in [3.8, 4) is 0 Å². The lowest BCUT2D eigenvalue weighted by Gasteiger charge is -1.98. The average Bonchev–Trinajstić information content (AvgIpc) is 2.94. The fourth-order valence-electron chi connectivity index (χ4n) is 1.41. The minimum atomic E-state index is -1.06. The summed E-state index contributed by atoms with van der Waals surface area (Å²) in [5.41, 5.74) is 0.234. The van der Waals surface area contributed by atoms with E-state index in [-0.39, 0.29) is 17.8 Å². The smallest absolute Gasteiger partial charge is 0.339 e. The zero-order valence-electron chi connectivity index (χ0n) is 9.43. The molecule has 0 atom stereocenters. The molecule has 0 aromatic carbocycles. The summed E-state index contributed by atoms with van der Waals surface area (Å²) in [5, 5.41) is 20.8. The molecular formula is C10H10N4O4. The van der Waals surface area contributed by atoms with E-state index in [0.29, 0.717) is 11.5 Å². The Morgan fingerprint density at radius 1 is 1.56 bits per heavy atom. The Morgan fingerprint density at radius 2 is 2.33 bits per heavy atom. The molecule has 0 fully saturated rings. The van der Waals surface area contributed by atoms with Crippen LogP contribution in [0.2, 0.25) is 0 Å². The highest BCUT2D eigenvalue weighted by atomic mass is 16.4. The number of hydrogen-bond donors (Lipinski definition) is 3. The van der Waals surface area contributed by atoms with E-state index in [1.54, 1.807) is 6.92 Å². The molecule has 0 radical (unpaired) electrons. The third-order valence-corrected chi connectivity index (χ3v) is 2.27. The third kappa shape index (κ3) is 2.37. The molecule has 0 spiro atoms. The maximum absolute atomic E-state index is 11.5. The van der Waals surface area contributed by atoms with Crippen LogP contribution in [0.3, 0.4) is 0 Å². The van der Waals surface area contributed by atoms with Gasteiger partial charge in [-0.15, -0.1) is 0 Å². The Kier molecular flexibility index (Phi) is 3.09. The van der Waals surface area contributed by atoms with Crippen molar-refractivity contribution in [3.63, 3.8) is 0 Å². The number of amides is 1. The number of rotatable bonds is 4. The molecule has 2 heterocycles. The lowest BCUT2D eigenvalue weighted by Crippen LogP contribution is -2.22. The van der Waals surface area contributed by atoms with Crippen molar-refractivity contribution in [2.45, 2.75) is 13.5 Å². The molecule has 18 heavy (non-hydrogen) atoms. The van der Waals surface area contributed by atoms with Gasteiger partial charge >= 0.3 is 5.97 Å². The van der Waals surface area contributed by atoms with Crippen molar-refractivity contribution >= 4 is 11.9 Å². The van der Waals surface area contributed by atoms with E-state index in [1.807, 2.05) is 0 Å². The largest absolute Gasteiger partial charge is 0.478 e. The number of nitrogens with zero attached hydrogens (tertiary/aromatic N) is 2. The first-order valence-corrected chi connectivity index (χ1v) is 5.04.